The Morgan fingerprint density at radius 2 is 2.11 bits per heavy atom. The second-order valence-electron chi connectivity index (χ2n) is 4.96. The van der Waals surface area contributed by atoms with Crippen LogP contribution >= 0.6 is 11.6 Å². The van der Waals surface area contributed by atoms with Gasteiger partial charge in [-0.3, -0.25) is 14.9 Å². The summed E-state index contributed by atoms with van der Waals surface area (Å²) < 4.78 is 5.21. The van der Waals surface area contributed by atoms with E-state index in [4.69, 9.17) is 16.3 Å². The third-order valence-corrected chi connectivity index (χ3v) is 2.30. The Morgan fingerprint density at radius 3 is 2.58 bits per heavy atom. The minimum atomic E-state index is -0.585. The highest BCUT2D eigenvalue weighted by Crippen LogP contribution is 2.28. The topological polar surface area (TPSA) is 81.5 Å². The summed E-state index contributed by atoms with van der Waals surface area (Å²) in [5.41, 5.74) is -0.540. The average Bonchev–Trinajstić information content (AvgIpc) is 2.23. The van der Waals surface area contributed by atoms with Crippen molar-refractivity contribution in [2.75, 3.05) is 6.61 Å². The third-order valence-electron chi connectivity index (χ3n) is 2.00. The molecule has 1 rings (SSSR count). The van der Waals surface area contributed by atoms with Crippen molar-refractivity contribution in [2.45, 2.75) is 26.3 Å². The summed E-state index contributed by atoms with van der Waals surface area (Å²) >= 11 is 5.72. The maximum absolute atomic E-state index is 11.5. The maximum Gasteiger partial charge on any atom is 0.288 e. The molecular weight excluding hydrogens is 272 g/mol. The van der Waals surface area contributed by atoms with E-state index >= 15 is 0 Å². The molecule has 0 unspecified atom stereocenters. The highest BCUT2D eigenvalue weighted by Gasteiger charge is 2.15. The summed E-state index contributed by atoms with van der Waals surface area (Å²) in [5, 5.41) is 13.3. The van der Waals surface area contributed by atoms with E-state index in [-0.39, 0.29) is 28.8 Å². The number of ether oxygens (including phenoxy) is 1. The predicted octanol–water partition coefficient (Wildman–Crippen LogP) is 2.54. The molecule has 7 heteroatoms. The molecule has 0 radical (unpaired) electrons. The van der Waals surface area contributed by atoms with Gasteiger partial charge in [0, 0.05) is 17.7 Å². The summed E-state index contributed by atoms with van der Waals surface area (Å²) in [6, 6.07) is 3.94. The molecule has 0 fully saturated rings. The molecule has 1 amide bonds. The lowest BCUT2D eigenvalue weighted by molar-refractivity contribution is -0.384. The zero-order chi connectivity index (χ0) is 14.6. The number of nitro benzene ring substituents is 1. The number of hydrogen-bond acceptors (Lipinski definition) is 4. The van der Waals surface area contributed by atoms with Gasteiger partial charge in [-0.05, 0) is 26.8 Å². The van der Waals surface area contributed by atoms with Crippen molar-refractivity contribution < 1.29 is 14.5 Å². The van der Waals surface area contributed by atoms with Crippen LogP contribution in [0.15, 0.2) is 18.2 Å². The number of nitrogens with one attached hydrogen (secondary N) is 1. The fourth-order valence-electron chi connectivity index (χ4n) is 1.33. The zero-order valence-corrected chi connectivity index (χ0v) is 11.7. The highest BCUT2D eigenvalue weighted by atomic mass is 35.5. The largest absolute Gasteiger partial charge is 0.484 e. The van der Waals surface area contributed by atoms with Gasteiger partial charge in [0.2, 0.25) is 0 Å². The summed E-state index contributed by atoms with van der Waals surface area (Å²) in [7, 11) is 0. The van der Waals surface area contributed by atoms with E-state index < -0.39 is 4.92 Å². The summed E-state index contributed by atoms with van der Waals surface area (Å²) in [4.78, 5) is 21.5. The number of rotatable bonds is 4. The second kappa shape index (κ2) is 5.88. The number of carbonyl (C=O) groups excluding carboxylic acids is 1. The van der Waals surface area contributed by atoms with Gasteiger partial charge in [-0.2, -0.15) is 0 Å². The Labute approximate surface area is 115 Å². The number of benzene rings is 1. The minimum absolute atomic E-state index is 0.0290. The third kappa shape index (κ3) is 5.13. The van der Waals surface area contributed by atoms with Crippen molar-refractivity contribution in [2.24, 2.45) is 0 Å². The van der Waals surface area contributed by atoms with Gasteiger partial charge in [-0.1, -0.05) is 11.6 Å². The lowest BCUT2D eigenvalue weighted by Gasteiger charge is -2.20. The van der Waals surface area contributed by atoms with E-state index in [1.807, 2.05) is 20.8 Å². The molecular formula is C12H15ClN2O4. The number of nitro groups is 1. The van der Waals surface area contributed by atoms with Crippen LogP contribution in [0.4, 0.5) is 5.69 Å². The lowest BCUT2D eigenvalue weighted by Crippen LogP contribution is -2.43. The highest BCUT2D eigenvalue weighted by molar-refractivity contribution is 6.32. The molecule has 104 valence electrons. The molecule has 0 saturated carbocycles. The van der Waals surface area contributed by atoms with Gasteiger partial charge in [0.25, 0.3) is 11.6 Å². The van der Waals surface area contributed by atoms with E-state index in [0.29, 0.717) is 5.75 Å². The first-order valence-corrected chi connectivity index (χ1v) is 5.94. The van der Waals surface area contributed by atoms with Gasteiger partial charge < -0.3 is 10.1 Å². The molecule has 1 aromatic rings. The first kappa shape index (κ1) is 15.2. The van der Waals surface area contributed by atoms with Crippen molar-refractivity contribution >= 4 is 23.2 Å². The fourth-order valence-corrected chi connectivity index (χ4v) is 1.57. The molecule has 0 spiro atoms. The molecule has 19 heavy (non-hydrogen) atoms. The SMILES string of the molecule is CC(C)(C)NC(=O)COc1ccc([N+](=O)[O-])c(Cl)c1. The van der Waals surface area contributed by atoms with E-state index in [9.17, 15) is 14.9 Å². The number of hydrogen-bond donors (Lipinski definition) is 1. The van der Waals surface area contributed by atoms with Crippen LogP contribution in [-0.2, 0) is 4.79 Å². The lowest BCUT2D eigenvalue weighted by atomic mass is 10.1. The molecule has 1 aromatic carbocycles. The average molecular weight is 287 g/mol. The van der Waals surface area contributed by atoms with Crippen molar-refractivity contribution in [1.82, 2.24) is 5.32 Å². The van der Waals surface area contributed by atoms with Crippen molar-refractivity contribution in [3.05, 3.63) is 33.3 Å². The number of carbonyl (C=O) groups is 1. The predicted molar refractivity (Wildman–Crippen MR) is 71.5 cm³/mol. The molecule has 0 aliphatic heterocycles. The van der Waals surface area contributed by atoms with Gasteiger partial charge >= 0.3 is 0 Å². The van der Waals surface area contributed by atoms with Crippen LogP contribution in [0.25, 0.3) is 0 Å². The monoisotopic (exact) mass is 286 g/mol. The smallest absolute Gasteiger partial charge is 0.288 e. The maximum atomic E-state index is 11.5. The van der Waals surface area contributed by atoms with Crippen molar-refractivity contribution in [1.29, 1.82) is 0 Å². The van der Waals surface area contributed by atoms with E-state index in [0.717, 1.165) is 0 Å². The van der Waals surface area contributed by atoms with Gasteiger partial charge in [0.15, 0.2) is 6.61 Å². The minimum Gasteiger partial charge on any atom is -0.484 e. The van der Waals surface area contributed by atoms with E-state index in [2.05, 4.69) is 5.32 Å². The Bertz CT molecular complexity index is 497. The number of halogens is 1. The van der Waals surface area contributed by atoms with Gasteiger partial charge in [-0.15, -0.1) is 0 Å². The van der Waals surface area contributed by atoms with E-state index in [1.54, 1.807) is 0 Å². The van der Waals surface area contributed by atoms with Gasteiger partial charge in [0.05, 0.1) is 4.92 Å². The normalized spacial score (nSPS) is 10.9. The molecule has 6 nitrogen and oxygen atoms in total. The molecule has 0 atom stereocenters. The molecule has 0 bridgehead atoms. The Balaban J connectivity index is 2.62. The van der Waals surface area contributed by atoms with Gasteiger partial charge in [0.1, 0.15) is 10.8 Å². The molecule has 0 aliphatic carbocycles. The van der Waals surface area contributed by atoms with E-state index in [1.165, 1.54) is 18.2 Å². The van der Waals surface area contributed by atoms with Crippen LogP contribution in [0.2, 0.25) is 5.02 Å². The summed E-state index contributed by atoms with van der Waals surface area (Å²) in [5.74, 6) is 0.0293. The molecule has 0 heterocycles. The Morgan fingerprint density at radius 1 is 1.47 bits per heavy atom. The Kier molecular flexibility index (Phi) is 4.72. The molecule has 1 N–H and O–H groups in total. The summed E-state index contributed by atoms with van der Waals surface area (Å²) in [6.07, 6.45) is 0. The van der Waals surface area contributed by atoms with Crippen LogP contribution < -0.4 is 10.1 Å². The van der Waals surface area contributed by atoms with Crippen LogP contribution in [0.1, 0.15) is 20.8 Å². The fraction of sp³-hybridized carbons (Fsp3) is 0.417. The van der Waals surface area contributed by atoms with Crippen LogP contribution in [-0.4, -0.2) is 23.0 Å². The molecule has 0 saturated heterocycles. The first-order valence-electron chi connectivity index (χ1n) is 5.57. The van der Waals surface area contributed by atoms with Crippen LogP contribution in [0.5, 0.6) is 5.75 Å². The first-order chi connectivity index (χ1) is 8.69. The standard InChI is InChI=1S/C12H15ClN2O4/c1-12(2,3)14-11(16)7-19-8-4-5-10(15(17)18)9(13)6-8/h4-6H,7H2,1-3H3,(H,14,16). The zero-order valence-electron chi connectivity index (χ0n) is 10.9. The number of nitrogens with zero attached hydrogens (tertiary/aromatic N) is 1. The molecule has 0 aliphatic rings. The number of amides is 1. The van der Waals surface area contributed by atoms with Crippen molar-refractivity contribution in [3.63, 3.8) is 0 Å². The second-order valence-corrected chi connectivity index (χ2v) is 5.36. The Hall–Kier alpha value is -1.82. The van der Waals surface area contributed by atoms with Crippen LogP contribution in [0.3, 0.4) is 0 Å². The molecule has 0 aromatic heterocycles. The quantitative estimate of drug-likeness (QED) is 0.681. The van der Waals surface area contributed by atoms with Crippen LogP contribution in [0, 0.1) is 10.1 Å². The van der Waals surface area contributed by atoms with Crippen molar-refractivity contribution in [3.8, 4) is 5.75 Å². The summed E-state index contributed by atoms with van der Waals surface area (Å²) in [6.45, 7) is 5.39. The van der Waals surface area contributed by atoms with Gasteiger partial charge in [-0.25, -0.2) is 0 Å².